The molecule has 0 atom stereocenters. The first kappa shape index (κ1) is 18.1. The fraction of sp³-hybridized carbons (Fsp3) is 0.0952. The van der Waals surface area contributed by atoms with E-state index in [1.165, 1.54) is 0 Å². The molecule has 0 saturated heterocycles. The molecule has 142 valence electrons. The second kappa shape index (κ2) is 7.78. The number of hydrogen-bond acceptors (Lipinski definition) is 6. The van der Waals surface area contributed by atoms with Gasteiger partial charge in [0.25, 0.3) is 5.91 Å². The van der Waals surface area contributed by atoms with Gasteiger partial charge >= 0.3 is 0 Å². The van der Waals surface area contributed by atoms with Crippen molar-refractivity contribution in [2.24, 2.45) is 0 Å². The molecule has 0 aliphatic heterocycles. The molecule has 8 heteroatoms. The van der Waals surface area contributed by atoms with E-state index >= 15 is 0 Å². The highest BCUT2D eigenvalue weighted by molar-refractivity contribution is 6.04. The van der Waals surface area contributed by atoms with Gasteiger partial charge in [-0.2, -0.15) is 0 Å². The van der Waals surface area contributed by atoms with Crippen LogP contribution >= 0.6 is 0 Å². The van der Waals surface area contributed by atoms with E-state index in [0.717, 1.165) is 22.4 Å². The Morgan fingerprint density at radius 1 is 1.17 bits per heavy atom. The molecule has 4 rings (SSSR count). The molecule has 0 radical (unpaired) electrons. The van der Waals surface area contributed by atoms with Crippen molar-refractivity contribution in [3.05, 3.63) is 60.8 Å². The third-order valence-electron chi connectivity index (χ3n) is 4.17. The molecule has 2 N–H and O–H groups in total. The van der Waals surface area contributed by atoms with Gasteiger partial charge in [0.05, 0.1) is 23.4 Å². The summed E-state index contributed by atoms with van der Waals surface area (Å²) < 4.78 is 1.81. The van der Waals surface area contributed by atoms with Crippen LogP contribution in [0.25, 0.3) is 16.9 Å². The number of carbonyl (C=O) groups is 1. The standard InChI is InChI=1S/C21H17N7O/c1-3-5-20(29)25-15-7-8-16-17(10-15)28(13-24-16)19-12-22-11-18(26-19)27-21-14(2)6-4-9-23-21/h4,6-13H,1-2H3,(H,25,29)(H,23,26,27). The van der Waals surface area contributed by atoms with E-state index in [2.05, 4.69) is 42.4 Å². The first-order valence-electron chi connectivity index (χ1n) is 8.86. The number of aromatic nitrogens is 5. The molecule has 1 amide bonds. The average molecular weight is 383 g/mol. The van der Waals surface area contributed by atoms with Crippen LogP contribution in [0.1, 0.15) is 12.5 Å². The van der Waals surface area contributed by atoms with Gasteiger partial charge in [0.15, 0.2) is 11.6 Å². The lowest BCUT2D eigenvalue weighted by atomic mass is 10.2. The van der Waals surface area contributed by atoms with E-state index in [0.29, 0.717) is 17.3 Å². The molecule has 0 bridgehead atoms. The molecular formula is C21H17N7O. The van der Waals surface area contributed by atoms with E-state index in [4.69, 9.17) is 0 Å². The van der Waals surface area contributed by atoms with Gasteiger partial charge in [0, 0.05) is 11.9 Å². The van der Waals surface area contributed by atoms with E-state index < -0.39 is 0 Å². The van der Waals surface area contributed by atoms with Crippen LogP contribution in [-0.2, 0) is 4.79 Å². The van der Waals surface area contributed by atoms with Gasteiger partial charge in [-0.25, -0.2) is 15.0 Å². The first-order chi connectivity index (χ1) is 14.1. The number of amides is 1. The SMILES string of the molecule is CC#CC(=O)Nc1ccc2ncn(-c3cncc(Nc4ncccc4C)n3)c2c1. The quantitative estimate of drug-likeness (QED) is 0.525. The van der Waals surface area contributed by atoms with Crippen LogP contribution in [0.4, 0.5) is 17.3 Å². The van der Waals surface area contributed by atoms with Crippen molar-refractivity contribution in [1.82, 2.24) is 24.5 Å². The zero-order valence-corrected chi connectivity index (χ0v) is 15.8. The summed E-state index contributed by atoms with van der Waals surface area (Å²) in [6.45, 7) is 3.58. The van der Waals surface area contributed by atoms with Crippen LogP contribution in [0.15, 0.2) is 55.2 Å². The van der Waals surface area contributed by atoms with Crippen molar-refractivity contribution in [3.63, 3.8) is 0 Å². The van der Waals surface area contributed by atoms with Gasteiger partial charge < -0.3 is 10.6 Å². The first-order valence-corrected chi connectivity index (χ1v) is 8.86. The molecule has 0 fully saturated rings. The number of hydrogen-bond donors (Lipinski definition) is 2. The van der Waals surface area contributed by atoms with Gasteiger partial charge in [-0.3, -0.25) is 14.3 Å². The molecule has 0 aliphatic rings. The van der Waals surface area contributed by atoms with Crippen molar-refractivity contribution in [2.45, 2.75) is 13.8 Å². The Hall–Kier alpha value is -4.25. The molecule has 29 heavy (non-hydrogen) atoms. The molecule has 8 nitrogen and oxygen atoms in total. The summed E-state index contributed by atoms with van der Waals surface area (Å²) in [5.41, 5.74) is 3.18. The van der Waals surface area contributed by atoms with Crippen LogP contribution in [0.2, 0.25) is 0 Å². The smallest absolute Gasteiger partial charge is 0.300 e. The average Bonchev–Trinajstić information content (AvgIpc) is 3.13. The molecule has 0 spiro atoms. The van der Waals surface area contributed by atoms with E-state index in [-0.39, 0.29) is 5.91 Å². The number of imidazole rings is 1. The van der Waals surface area contributed by atoms with E-state index in [9.17, 15) is 4.79 Å². The van der Waals surface area contributed by atoms with Crippen molar-refractivity contribution in [2.75, 3.05) is 10.6 Å². The van der Waals surface area contributed by atoms with Crippen LogP contribution < -0.4 is 10.6 Å². The Morgan fingerprint density at radius 2 is 2.07 bits per heavy atom. The van der Waals surface area contributed by atoms with Crippen molar-refractivity contribution >= 4 is 34.3 Å². The number of carbonyl (C=O) groups excluding carboxylic acids is 1. The highest BCUT2D eigenvalue weighted by Crippen LogP contribution is 2.22. The fourth-order valence-electron chi connectivity index (χ4n) is 2.81. The lowest BCUT2D eigenvalue weighted by Crippen LogP contribution is -2.08. The van der Waals surface area contributed by atoms with Gasteiger partial charge in [-0.05, 0) is 49.6 Å². The number of nitrogens with one attached hydrogen (secondary N) is 2. The lowest BCUT2D eigenvalue weighted by Gasteiger charge is -2.09. The predicted octanol–water partition coefficient (Wildman–Crippen LogP) is 3.22. The summed E-state index contributed by atoms with van der Waals surface area (Å²) in [6.07, 6.45) is 6.66. The van der Waals surface area contributed by atoms with E-state index in [1.54, 1.807) is 42.5 Å². The van der Waals surface area contributed by atoms with E-state index in [1.807, 2.05) is 31.2 Å². The Balaban J connectivity index is 1.68. The van der Waals surface area contributed by atoms with Gasteiger partial charge in [0.1, 0.15) is 12.1 Å². The monoisotopic (exact) mass is 383 g/mol. The second-order valence-electron chi connectivity index (χ2n) is 6.20. The summed E-state index contributed by atoms with van der Waals surface area (Å²) in [6, 6.07) is 9.27. The Bertz CT molecular complexity index is 1270. The summed E-state index contributed by atoms with van der Waals surface area (Å²) in [7, 11) is 0. The number of anilines is 3. The minimum Gasteiger partial charge on any atom is -0.323 e. The molecule has 3 aromatic heterocycles. The van der Waals surface area contributed by atoms with Crippen molar-refractivity contribution < 1.29 is 4.79 Å². The summed E-state index contributed by atoms with van der Waals surface area (Å²) in [5, 5.41) is 5.93. The molecule has 1 aromatic carbocycles. The zero-order chi connectivity index (χ0) is 20.2. The minimum atomic E-state index is -0.366. The molecular weight excluding hydrogens is 366 g/mol. The molecule has 3 heterocycles. The zero-order valence-electron chi connectivity index (χ0n) is 15.8. The normalized spacial score (nSPS) is 10.3. The van der Waals surface area contributed by atoms with Crippen LogP contribution in [-0.4, -0.2) is 30.4 Å². The maximum atomic E-state index is 11.7. The number of rotatable bonds is 4. The summed E-state index contributed by atoms with van der Waals surface area (Å²) in [5.74, 6) is 6.54. The molecule has 4 aromatic rings. The fourth-order valence-corrected chi connectivity index (χ4v) is 2.81. The number of fused-ring (bicyclic) bond motifs is 1. The van der Waals surface area contributed by atoms with Gasteiger partial charge in [-0.1, -0.05) is 12.0 Å². The minimum absolute atomic E-state index is 0.366. The molecule has 0 unspecified atom stereocenters. The number of nitrogens with zero attached hydrogens (tertiary/aromatic N) is 5. The maximum Gasteiger partial charge on any atom is 0.300 e. The number of aryl methyl sites for hydroxylation is 1. The molecule has 0 aliphatic carbocycles. The Morgan fingerprint density at radius 3 is 2.90 bits per heavy atom. The second-order valence-corrected chi connectivity index (χ2v) is 6.20. The Labute approximate surface area is 167 Å². The number of pyridine rings is 1. The highest BCUT2D eigenvalue weighted by Gasteiger charge is 2.10. The van der Waals surface area contributed by atoms with Crippen LogP contribution in [0.3, 0.4) is 0 Å². The van der Waals surface area contributed by atoms with Gasteiger partial charge in [-0.15, -0.1) is 0 Å². The largest absolute Gasteiger partial charge is 0.323 e. The topological polar surface area (TPSA) is 97.6 Å². The maximum absolute atomic E-state index is 11.7. The van der Waals surface area contributed by atoms with Crippen molar-refractivity contribution in [3.8, 4) is 17.7 Å². The lowest BCUT2D eigenvalue weighted by molar-refractivity contribution is -0.111. The van der Waals surface area contributed by atoms with Gasteiger partial charge in [0.2, 0.25) is 0 Å². The summed E-state index contributed by atoms with van der Waals surface area (Å²) in [4.78, 5) is 29.4. The Kier molecular flexibility index (Phi) is 4.86. The van der Waals surface area contributed by atoms with Crippen LogP contribution in [0.5, 0.6) is 0 Å². The van der Waals surface area contributed by atoms with Crippen molar-refractivity contribution in [1.29, 1.82) is 0 Å². The summed E-state index contributed by atoms with van der Waals surface area (Å²) >= 11 is 0. The predicted molar refractivity (Wildman–Crippen MR) is 111 cm³/mol. The third-order valence-corrected chi connectivity index (χ3v) is 4.17. The third kappa shape index (κ3) is 3.89. The molecule has 0 saturated carbocycles. The number of benzene rings is 1. The highest BCUT2D eigenvalue weighted by atomic mass is 16.1. The van der Waals surface area contributed by atoms with Crippen LogP contribution in [0, 0.1) is 18.8 Å².